The fourth-order valence-corrected chi connectivity index (χ4v) is 4.47. The number of morpholine rings is 1. The summed E-state index contributed by atoms with van der Waals surface area (Å²) in [4.78, 5) is 16.3. The molecule has 2 fully saturated rings. The molecule has 4 rings (SSSR count). The highest BCUT2D eigenvalue weighted by Gasteiger charge is 2.26. The van der Waals surface area contributed by atoms with E-state index in [2.05, 4.69) is 32.8 Å². The highest BCUT2D eigenvalue weighted by molar-refractivity contribution is 6.32. The number of piperidine rings is 1. The molecule has 162 valence electrons. The minimum atomic E-state index is 0.364. The number of likely N-dealkylation sites (tertiary alicyclic amines) is 1. The Morgan fingerprint density at radius 1 is 1.23 bits per heavy atom. The second kappa shape index (κ2) is 9.81. The Morgan fingerprint density at radius 2 is 2.07 bits per heavy atom. The zero-order chi connectivity index (χ0) is 20.9. The SMILES string of the molecule is COc1cccc(CN2CCCC(N(C)c3nccc(N4CCOCC4)n3)C2)c1Cl. The fourth-order valence-electron chi connectivity index (χ4n) is 4.21. The average Bonchev–Trinajstić information content (AvgIpc) is 2.81. The molecule has 2 aliphatic rings. The van der Waals surface area contributed by atoms with Gasteiger partial charge in [0.15, 0.2) is 0 Å². The van der Waals surface area contributed by atoms with E-state index in [9.17, 15) is 0 Å². The number of rotatable bonds is 6. The summed E-state index contributed by atoms with van der Waals surface area (Å²) >= 11 is 6.52. The number of benzene rings is 1. The second-order valence-corrected chi connectivity index (χ2v) is 8.27. The Hall–Kier alpha value is -2.09. The molecule has 1 aromatic carbocycles. The van der Waals surface area contributed by atoms with Gasteiger partial charge in [0.25, 0.3) is 0 Å². The maximum atomic E-state index is 6.52. The average molecular weight is 432 g/mol. The molecule has 0 spiro atoms. The Balaban J connectivity index is 1.43. The zero-order valence-electron chi connectivity index (χ0n) is 17.8. The molecule has 2 aromatic rings. The van der Waals surface area contributed by atoms with Crippen LogP contribution >= 0.6 is 11.6 Å². The van der Waals surface area contributed by atoms with Crippen LogP contribution in [0.5, 0.6) is 5.75 Å². The number of nitrogens with zero attached hydrogens (tertiary/aromatic N) is 5. The van der Waals surface area contributed by atoms with Crippen LogP contribution < -0.4 is 14.5 Å². The largest absolute Gasteiger partial charge is 0.495 e. The maximum Gasteiger partial charge on any atom is 0.227 e. The normalized spacial score (nSPS) is 20.2. The highest BCUT2D eigenvalue weighted by atomic mass is 35.5. The van der Waals surface area contributed by atoms with Gasteiger partial charge in [-0.05, 0) is 37.1 Å². The highest BCUT2D eigenvalue weighted by Crippen LogP contribution is 2.30. The third kappa shape index (κ3) is 4.79. The molecule has 0 bridgehead atoms. The van der Waals surface area contributed by atoms with Crippen LogP contribution in [0.25, 0.3) is 0 Å². The summed E-state index contributed by atoms with van der Waals surface area (Å²) in [7, 11) is 3.76. The van der Waals surface area contributed by atoms with Crippen molar-refractivity contribution in [1.82, 2.24) is 14.9 Å². The molecule has 7 nitrogen and oxygen atoms in total. The smallest absolute Gasteiger partial charge is 0.227 e. The van der Waals surface area contributed by atoms with Crippen molar-refractivity contribution in [2.24, 2.45) is 0 Å². The van der Waals surface area contributed by atoms with Crippen molar-refractivity contribution >= 4 is 23.4 Å². The van der Waals surface area contributed by atoms with Crippen molar-refractivity contribution < 1.29 is 9.47 Å². The number of halogens is 1. The molecule has 1 aromatic heterocycles. The molecule has 0 aliphatic carbocycles. The number of anilines is 2. The Labute approximate surface area is 183 Å². The lowest BCUT2D eigenvalue weighted by atomic mass is 10.0. The molecule has 2 aliphatic heterocycles. The molecule has 0 N–H and O–H groups in total. The number of hydrogen-bond acceptors (Lipinski definition) is 7. The predicted molar refractivity (Wildman–Crippen MR) is 120 cm³/mol. The fraction of sp³-hybridized carbons (Fsp3) is 0.545. The molecule has 0 amide bonds. The monoisotopic (exact) mass is 431 g/mol. The van der Waals surface area contributed by atoms with Crippen LogP contribution in [0.4, 0.5) is 11.8 Å². The van der Waals surface area contributed by atoms with Gasteiger partial charge in [-0.1, -0.05) is 23.7 Å². The molecular weight excluding hydrogens is 402 g/mol. The quantitative estimate of drug-likeness (QED) is 0.696. The molecule has 1 atom stereocenters. The van der Waals surface area contributed by atoms with Crippen LogP contribution in [0.1, 0.15) is 18.4 Å². The van der Waals surface area contributed by atoms with Crippen molar-refractivity contribution in [3.8, 4) is 5.75 Å². The van der Waals surface area contributed by atoms with E-state index in [0.717, 1.165) is 81.9 Å². The molecule has 30 heavy (non-hydrogen) atoms. The van der Waals surface area contributed by atoms with Crippen molar-refractivity contribution in [1.29, 1.82) is 0 Å². The van der Waals surface area contributed by atoms with Crippen LogP contribution in [0.15, 0.2) is 30.5 Å². The van der Waals surface area contributed by atoms with Gasteiger partial charge in [-0.2, -0.15) is 4.98 Å². The first-order chi connectivity index (χ1) is 14.7. The van der Waals surface area contributed by atoms with E-state index >= 15 is 0 Å². The van der Waals surface area contributed by atoms with Gasteiger partial charge in [0.1, 0.15) is 11.6 Å². The van der Waals surface area contributed by atoms with E-state index in [0.29, 0.717) is 11.1 Å². The minimum Gasteiger partial charge on any atom is -0.495 e. The summed E-state index contributed by atoms with van der Waals surface area (Å²) < 4.78 is 10.8. The van der Waals surface area contributed by atoms with Gasteiger partial charge in [0, 0.05) is 45.5 Å². The Kier molecular flexibility index (Phi) is 6.92. The number of aromatic nitrogens is 2. The first-order valence-corrected chi connectivity index (χ1v) is 11.0. The lowest BCUT2D eigenvalue weighted by Crippen LogP contribution is -2.47. The third-order valence-electron chi connectivity index (χ3n) is 5.96. The van der Waals surface area contributed by atoms with Gasteiger partial charge in [-0.25, -0.2) is 4.98 Å². The molecular formula is C22H30ClN5O2. The van der Waals surface area contributed by atoms with Gasteiger partial charge < -0.3 is 19.3 Å². The summed E-state index contributed by atoms with van der Waals surface area (Å²) in [5, 5.41) is 0.706. The number of methoxy groups -OCH3 is 1. The standard InChI is InChI=1S/C22H30ClN5O2/c1-26(22-24-9-8-20(25-22)28-11-13-30-14-12-28)18-6-4-10-27(16-18)15-17-5-3-7-19(29-2)21(17)23/h3,5,7-9,18H,4,6,10-16H2,1-2H3. The van der Waals surface area contributed by atoms with Crippen LogP contribution in [-0.2, 0) is 11.3 Å². The van der Waals surface area contributed by atoms with Gasteiger partial charge in [-0.3, -0.25) is 4.90 Å². The topological polar surface area (TPSA) is 54.0 Å². The summed E-state index contributed by atoms with van der Waals surface area (Å²) in [5.41, 5.74) is 1.10. The molecule has 0 radical (unpaired) electrons. The zero-order valence-corrected chi connectivity index (χ0v) is 18.5. The van der Waals surface area contributed by atoms with E-state index in [1.807, 2.05) is 24.4 Å². The van der Waals surface area contributed by atoms with Crippen LogP contribution in [0, 0.1) is 0 Å². The summed E-state index contributed by atoms with van der Waals surface area (Å²) in [6, 6.07) is 8.33. The van der Waals surface area contributed by atoms with E-state index in [1.54, 1.807) is 7.11 Å². The van der Waals surface area contributed by atoms with Gasteiger partial charge in [0.2, 0.25) is 5.95 Å². The minimum absolute atomic E-state index is 0.364. The predicted octanol–water partition coefficient (Wildman–Crippen LogP) is 3.08. The Morgan fingerprint density at radius 3 is 2.87 bits per heavy atom. The number of ether oxygens (including phenoxy) is 2. The van der Waals surface area contributed by atoms with E-state index in [-0.39, 0.29) is 0 Å². The van der Waals surface area contributed by atoms with Crippen LogP contribution in [-0.4, -0.2) is 74.5 Å². The first-order valence-electron chi connectivity index (χ1n) is 10.6. The lowest BCUT2D eigenvalue weighted by Gasteiger charge is -2.38. The van der Waals surface area contributed by atoms with Crippen molar-refractivity contribution in [2.45, 2.75) is 25.4 Å². The van der Waals surface area contributed by atoms with E-state index in [4.69, 9.17) is 26.1 Å². The van der Waals surface area contributed by atoms with Crippen molar-refractivity contribution in [3.05, 3.63) is 41.0 Å². The van der Waals surface area contributed by atoms with Crippen molar-refractivity contribution in [2.75, 3.05) is 63.4 Å². The van der Waals surface area contributed by atoms with Gasteiger partial charge in [0.05, 0.1) is 25.3 Å². The molecule has 3 heterocycles. The van der Waals surface area contributed by atoms with Crippen molar-refractivity contribution in [3.63, 3.8) is 0 Å². The molecule has 8 heteroatoms. The molecule has 1 unspecified atom stereocenters. The van der Waals surface area contributed by atoms with Crippen LogP contribution in [0.2, 0.25) is 5.02 Å². The summed E-state index contributed by atoms with van der Waals surface area (Å²) in [6.07, 6.45) is 4.13. The van der Waals surface area contributed by atoms with Gasteiger partial charge >= 0.3 is 0 Å². The Bertz CT molecular complexity index is 846. The van der Waals surface area contributed by atoms with Gasteiger partial charge in [-0.15, -0.1) is 0 Å². The third-order valence-corrected chi connectivity index (χ3v) is 6.39. The van der Waals surface area contributed by atoms with E-state index in [1.165, 1.54) is 0 Å². The van der Waals surface area contributed by atoms with Crippen LogP contribution in [0.3, 0.4) is 0 Å². The number of hydrogen-bond donors (Lipinski definition) is 0. The molecule has 0 saturated carbocycles. The lowest BCUT2D eigenvalue weighted by molar-refractivity contribution is 0.122. The second-order valence-electron chi connectivity index (χ2n) is 7.89. The maximum absolute atomic E-state index is 6.52. The van der Waals surface area contributed by atoms with E-state index < -0.39 is 0 Å². The summed E-state index contributed by atoms with van der Waals surface area (Å²) in [5.74, 6) is 2.49. The number of likely N-dealkylation sites (N-methyl/N-ethyl adjacent to an activating group) is 1. The first kappa shape index (κ1) is 21.2. The molecule has 2 saturated heterocycles. The summed E-state index contributed by atoms with van der Waals surface area (Å²) in [6.45, 7) is 6.08.